The van der Waals surface area contributed by atoms with Crippen molar-refractivity contribution in [1.82, 2.24) is 0 Å². The van der Waals surface area contributed by atoms with Crippen LogP contribution in [0, 0.1) is 6.92 Å². The average Bonchev–Trinajstić information content (AvgIpc) is 2.06. The lowest BCUT2D eigenvalue weighted by molar-refractivity contribution is -0.136. The summed E-state index contributed by atoms with van der Waals surface area (Å²) in [5.74, 6) is -0.751. The number of aliphatic carboxylic acids is 1. The van der Waals surface area contributed by atoms with Gasteiger partial charge in [0.1, 0.15) is 0 Å². The zero-order valence-electron chi connectivity index (χ0n) is 7.38. The number of hydrogen-bond donors (Lipinski definition) is 1. The molecular weight excluding hydrogens is 232 g/mol. The van der Waals surface area contributed by atoms with E-state index in [0.29, 0.717) is 6.42 Å². The molecule has 0 bridgehead atoms. The number of aryl methyl sites for hydroxylation is 2. The van der Waals surface area contributed by atoms with Gasteiger partial charge in [0.25, 0.3) is 0 Å². The molecule has 2 nitrogen and oxygen atoms in total. The zero-order valence-corrected chi connectivity index (χ0v) is 8.97. The molecule has 0 spiro atoms. The van der Waals surface area contributed by atoms with E-state index in [1.807, 2.05) is 25.1 Å². The second kappa shape index (κ2) is 4.42. The number of benzene rings is 1. The lowest BCUT2D eigenvalue weighted by Crippen LogP contribution is -1.98. The maximum Gasteiger partial charge on any atom is 0.303 e. The number of rotatable bonds is 3. The molecule has 3 heteroatoms. The summed E-state index contributed by atoms with van der Waals surface area (Å²) in [6.07, 6.45) is 0.790. The Bertz CT molecular complexity index is 321. The van der Waals surface area contributed by atoms with Crippen molar-refractivity contribution in [2.75, 3.05) is 0 Å². The lowest BCUT2D eigenvalue weighted by atomic mass is 10.0. The Morgan fingerprint density at radius 1 is 1.54 bits per heavy atom. The number of carbonyl (C=O) groups is 1. The first-order valence-corrected chi connectivity index (χ1v) is 4.85. The van der Waals surface area contributed by atoms with E-state index in [2.05, 4.69) is 15.9 Å². The standard InChI is InChI=1S/C10H11BrO2/c1-7-2-4-9(11)6-8(7)3-5-10(12)13/h2,4,6H,3,5H2,1H3,(H,12,13). The van der Waals surface area contributed by atoms with Gasteiger partial charge in [-0.15, -0.1) is 0 Å². The topological polar surface area (TPSA) is 37.3 Å². The van der Waals surface area contributed by atoms with Gasteiger partial charge in [0.15, 0.2) is 0 Å². The van der Waals surface area contributed by atoms with Gasteiger partial charge in [-0.3, -0.25) is 4.79 Å². The second-order valence-corrected chi connectivity index (χ2v) is 3.88. The summed E-state index contributed by atoms with van der Waals surface area (Å²) in [4.78, 5) is 10.4. The van der Waals surface area contributed by atoms with Crippen LogP contribution in [0.4, 0.5) is 0 Å². The fourth-order valence-corrected chi connectivity index (χ4v) is 1.56. The van der Waals surface area contributed by atoms with Crippen LogP contribution in [0.3, 0.4) is 0 Å². The van der Waals surface area contributed by atoms with Gasteiger partial charge in [0, 0.05) is 10.9 Å². The van der Waals surface area contributed by atoms with Gasteiger partial charge in [-0.2, -0.15) is 0 Å². The summed E-state index contributed by atoms with van der Waals surface area (Å²) in [5.41, 5.74) is 2.24. The molecule has 1 rings (SSSR count). The van der Waals surface area contributed by atoms with Gasteiger partial charge in [-0.25, -0.2) is 0 Å². The van der Waals surface area contributed by atoms with Gasteiger partial charge < -0.3 is 5.11 Å². The Morgan fingerprint density at radius 2 is 2.23 bits per heavy atom. The molecule has 0 saturated carbocycles. The third-order valence-corrected chi connectivity index (χ3v) is 2.41. The minimum Gasteiger partial charge on any atom is -0.481 e. The summed E-state index contributed by atoms with van der Waals surface area (Å²) in [7, 11) is 0. The van der Waals surface area contributed by atoms with Crippen molar-refractivity contribution >= 4 is 21.9 Å². The number of carboxylic acids is 1. The summed E-state index contributed by atoms with van der Waals surface area (Å²) in [5, 5.41) is 8.52. The van der Waals surface area contributed by atoms with Crippen LogP contribution in [0.15, 0.2) is 22.7 Å². The molecule has 0 atom stereocenters. The van der Waals surface area contributed by atoms with Crippen LogP contribution in [0.1, 0.15) is 17.5 Å². The average molecular weight is 243 g/mol. The number of hydrogen-bond acceptors (Lipinski definition) is 1. The Hall–Kier alpha value is -0.830. The monoisotopic (exact) mass is 242 g/mol. The second-order valence-electron chi connectivity index (χ2n) is 2.96. The van der Waals surface area contributed by atoms with E-state index in [1.54, 1.807) is 0 Å². The molecule has 0 radical (unpaired) electrons. The van der Waals surface area contributed by atoms with Gasteiger partial charge in [0.05, 0.1) is 0 Å². The smallest absolute Gasteiger partial charge is 0.303 e. The molecule has 13 heavy (non-hydrogen) atoms. The summed E-state index contributed by atoms with van der Waals surface area (Å²) >= 11 is 3.36. The quantitative estimate of drug-likeness (QED) is 0.886. The summed E-state index contributed by atoms with van der Waals surface area (Å²) < 4.78 is 0.999. The molecule has 1 N–H and O–H groups in total. The normalized spacial score (nSPS) is 10.0. The molecule has 0 amide bonds. The fourth-order valence-electron chi connectivity index (χ4n) is 1.15. The highest BCUT2D eigenvalue weighted by atomic mass is 79.9. The Kier molecular flexibility index (Phi) is 3.48. The van der Waals surface area contributed by atoms with Gasteiger partial charge in [-0.05, 0) is 36.6 Å². The largest absolute Gasteiger partial charge is 0.481 e. The predicted octanol–water partition coefficient (Wildman–Crippen LogP) is 2.77. The van der Waals surface area contributed by atoms with E-state index in [-0.39, 0.29) is 6.42 Å². The summed E-state index contributed by atoms with van der Waals surface area (Å²) in [6, 6.07) is 5.92. The Morgan fingerprint density at radius 3 is 2.85 bits per heavy atom. The van der Waals surface area contributed by atoms with E-state index in [9.17, 15) is 4.79 Å². The highest BCUT2D eigenvalue weighted by Gasteiger charge is 2.02. The van der Waals surface area contributed by atoms with Crippen molar-refractivity contribution in [3.8, 4) is 0 Å². The van der Waals surface area contributed by atoms with E-state index in [1.165, 1.54) is 0 Å². The number of halogens is 1. The third kappa shape index (κ3) is 3.19. The van der Waals surface area contributed by atoms with E-state index in [4.69, 9.17) is 5.11 Å². The van der Waals surface area contributed by atoms with Crippen molar-refractivity contribution < 1.29 is 9.90 Å². The first-order valence-electron chi connectivity index (χ1n) is 4.06. The molecule has 0 aliphatic carbocycles. The van der Waals surface area contributed by atoms with E-state index in [0.717, 1.165) is 15.6 Å². The van der Waals surface area contributed by atoms with Crippen molar-refractivity contribution in [2.45, 2.75) is 19.8 Å². The van der Waals surface area contributed by atoms with Gasteiger partial charge in [-0.1, -0.05) is 22.0 Å². The molecule has 1 aromatic rings. The van der Waals surface area contributed by atoms with Gasteiger partial charge >= 0.3 is 5.97 Å². The van der Waals surface area contributed by atoms with Crippen LogP contribution in [0.2, 0.25) is 0 Å². The van der Waals surface area contributed by atoms with Crippen molar-refractivity contribution in [3.05, 3.63) is 33.8 Å². The maximum absolute atomic E-state index is 10.4. The van der Waals surface area contributed by atoms with Crippen LogP contribution < -0.4 is 0 Å². The minimum absolute atomic E-state index is 0.192. The lowest BCUT2D eigenvalue weighted by Gasteiger charge is -2.04. The molecule has 0 unspecified atom stereocenters. The molecule has 0 aliphatic rings. The third-order valence-electron chi connectivity index (χ3n) is 1.92. The van der Waals surface area contributed by atoms with Crippen molar-refractivity contribution in [2.24, 2.45) is 0 Å². The van der Waals surface area contributed by atoms with Crippen LogP contribution in [-0.4, -0.2) is 11.1 Å². The first-order chi connectivity index (χ1) is 6.09. The molecular formula is C10H11BrO2. The number of carboxylic acid groups (broad SMARTS) is 1. The molecule has 0 aromatic heterocycles. The molecule has 0 aliphatic heterocycles. The molecule has 1 aromatic carbocycles. The Balaban J connectivity index is 2.75. The Labute approximate surface area is 85.7 Å². The highest BCUT2D eigenvalue weighted by molar-refractivity contribution is 9.10. The van der Waals surface area contributed by atoms with Gasteiger partial charge in [0.2, 0.25) is 0 Å². The SMILES string of the molecule is Cc1ccc(Br)cc1CCC(=O)O. The van der Waals surface area contributed by atoms with Crippen LogP contribution >= 0.6 is 15.9 Å². The minimum atomic E-state index is -0.751. The van der Waals surface area contributed by atoms with Crippen LogP contribution in [0.25, 0.3) is 0 Å². The van der Waals surface area contributed by atoms with Crippen molar-refractivity contribution in [3.63, 3.8) is 0 Å². The highest BCUT2D eigenvalue weighted by Crippen LogP contribution is 2.17. The first kappa shape index (κ1) is 10.3. The van der Waals surface area contributed by atoms with E-state index >= 15 is 0 Å². The summed E-state index contributed by atoms with van der Waals surface area (Å²) in [6.45, 7) is 1.99. The molecule has 0 saturated heterocycles. The van der Waals surface area contributed by atoms with Crippen LogP contribution in [-0.2, 0) is 11.2 Å². The van der Waals surface area contributed by atoms with E-state index < -0.39 is 5.97 Å². The van der Waals surface area contributed by atoms with Crippen LogP contribution in [0.5, 0.6) is 0 Å². The zero-order chi connectivity index (χ0) is 9.84. The predicted molar refractivity (Wildman–Crippen MR) is 54.8 cm³/mol. The molecule has 0 fully saturated rings. The van der Waals surface area contributed by atoms with Crippen molar-refractivity contribution in [1.29, 1.82) is 0 Å². The molecule has 0 heterocycles. The molecule has 70 valence electrons. The maximum atomic E-state index is 10.4. The fraction of sp³-hybridized carbons (Fsp3) is 0.300.